The van der Waals surface area contributed by atoms with E-state index in [1.807, 2.05) is 6.92 Å². The molecule has 0 heterocycles. The Morgan fingerprint density at radius 1 is 1.15 bits per heavy atom. The monoisotopic (exact) mass is 367 g/mol. The van der Waals surface area contributed by atoms with Crippen LogP contribution in [0.15, 0.2) is 42.5 Å². The molecule has 27 heavy (non-hydrogen) atoms. The van der Waals surface area contributed by atoms with Gasteiger partial charge >= 0.3 is 0 Å². The van der Waals surface area contributed by atoms with Crippen LogP contribution in [0.5, 0.6) is 5.75 Å². The van der Waals surface area contributed by atoms with E-state index in [4.69, 9.17) is 10.5 Å². The number of ether oxygens (including phenoxy) is 1. The first-order valence-corrected chi connectivity index (χ1v) is 8.66. The van der Waals surface area contributed by atoms with Crippen molar-refractivity contribution in [3.63, 3.8) is 0 Å². The number of primary amides is 1. The maximum Gasteiger partial charge on any atom is 0.262 e. The fourth-order valence-corrected chi connectivity index (χ4v) is 2.53. The predicted molar refractivity (Wildman–Crippen MR) is 101 cm³/mol. The van der Waals surface area contributed by atoms with Crippen molar-refractivity contribution >= 4 is 23.4 Å². The maximum atomic E-state index is 12.2. The number of aryl methyl sites for hydroxylation is 1. The van der Waals surface area contributed by atoms with Gasteiger partial charge in [0.15, 0.2) is 6.61 Å². The van der Waals surface area contributed by atoms with Gasteiger partial charge in [0.05, 0.1) is 5.56 Å². The Morgan fingerprint density at radius 2 is 1.93 bits per heavy atom. The van der Waals surface area contributed by atoms with Gasteiger partial charge < -0.3 is 21.1 Å². The first kappa shape index (κ1) is 18.4. The Bertz CT molecular complexity index is 891. The molecular weight excluding hydrogens is 346 g/mol. The number of hydrogen-bond donors (Lipinski definition) is 3. The fraction of sp³-hybridized carbons (Fsp3) is 0.250. The molecule has 1 aliphatic rings. The molecule has 1 fully saturated rings. The molecule has 0 bridgehead atoms. The van der Waals surface area contributed by atoms with E-state index in [2.05, 4.69) is 10.6 Å². The van der Waals surface area contributed by atoms with Gasteiger partial charge in [-0.3, -0.25) is 14.4 Å². The number of rotatable bonds is 7. The zero-order valence-electron chi connectivity index (χ0n) is 15.0. The Kier molecular flexibility index (Phi) is 5.40. The lowest BCUT2D eigenvalue weighted by Crippen LogP contribution is -2.25. The Morgan fingerprint density at radius 3 is 2.63 bits per heavy atom. The van der Waals surface area contributed by atoms with Crippen LogP contribution in [0.25, 0.3) is 0 Å². The number of amides is 3. The van der Waals surface area contributed by atoms with Crippen molar-refractivity contribution in [1.29, 1.82) is 0 Å². The van der Waals surface area contributed by atoms with Crippen LogP contribution in [-0.4, -0.2) is 30.4 Å². The second-order valence-electron chi connectivity index (χ2n) is 6.53. The lowest BCUT2D eigenvalue weighted by Gasteiger charge is -2.11. The van der Waals surface area contributed by atoms with Gasteiger partial charge in [0.2, 0.25) is 0 Å². The van der Waals surface area contributed by atoms with Crippen molar-refractivity contribution in [3.05, 3.63) is 59.2 Å². The SMILES string of the molecule is Cc1ccc(C(N)=O)c(OCC(=O)Nc2cccc(C(=O)NC3CC3)c2)c1. The number of nitrogens with one attached hydrogen (secondary N) is 2. The van der Waals surface area contributed by atoms with Crippen molar-refractivity contribution in [2.75, 3.05) is 11.9 Å². The summed E-state index contributed by atoms with van der Waals surface area (Å²) in [5.74, 6) is -0.933. The molecule has 0 radical (unpaired) electrons. The van der Waals surface area contributed by atoms with Crippen LogP contribution in [-0.2, 0) is 4.79 Å². The average molecular weight is 367 g/mol. The molecule has 2 aromatic carbocycles. The molecule has 7 heteroatoms. The molecule has 140 valence electrons. The van der Waals surface area contributed by atoms with Crippen LogP contribution in [0.1, 0.15) is 39.1 Å². The second-order valence-corrected chi connectivity index (χ2v) is 6.53. The van der Waals surface area contributed by atoms with E-state index in [0.29, 0.717) is 11.3 Å². The van der Waals surface area contributed by atoms with Gasteiger partial charge in [0, 0.05) is 17.3 Å². The number of carbonyl (C=O) groups is 3. The van der Waals surface area contributed by atoms with Gasteiger partial charge in [-0.2, -0.15) is 0 Å². The van der Waals surface area contributed by atoms with Gasteiger partial charge in [-0.15, -0.1) is 0 Å². The van der Waals surface area contributed by atoms with Gasteiger partial charge in [0.1, 0.15) is 5.75 Å². The van der Waals surface area contributed by atoms with Crippen LogP contribution in [0.2, 0.25) is 0 Å². The standard InChI is InChI=1S/C20H21N3O4/c1-12-5-8-16(19(21)25)17(9-12)27-11-18(24)22-15-4-2-3-13(10-15)20(26)23-14-6-7-14/h2-5,8-10,14H,6-7,11H2,1H3,(H2,21,25)(H,22,24)(H,23,26). The van der Waals surface area contributed by atoms with E-state index in [9.17, 15) is 14.4 Å². The molecule has 4 N–H and O–H groups in total. The highest BCUT2D eigenvalue weighted by atomic mass is 16.5. The molecule has 0 aromatic heterocycles. The van der Waals surface area contributed by atoms with Gasteiger partial charge in [-0.05, 0) is 55.7 Å². The first-order valence-electron chi connectivity index (χ1n) is 8.66. The highest BCUT2D eigenvalue weighted by Crippen LogP contribution is 2.21. The maximum absolute atomic E-state index is 12.2. The molecule has 0 spiro atoms. The third-order valence-corrected chi connectivity index (χ3v) is 4.08. The fourth-order valence-electron chi connectivity index (χ4n) is 2.53. The molecule has 0 aliphatic heterocycles. The average Bonchev–Trinajstić information content (AvgIpc) is 3.44. The number of hydrogen-bond acceptors (Lipinski definition) is 4. The zero-order chi connectivity index (χ0) is 19.4. The van der Waals surface area contributed by atoms with E-state index in [0.717, 1.165) is 18.4 Å². The van der Waals surface area contributed by atoms with Crippen molar-refractivity contribution in [3.8, 4) is 5.75 Å². The molecule has 1 aliphatic carbocycles. The summed E-state index contributed by atoms with van der Waals surface area (Å²) in [7, 11) is 0. The summed E-state index contributed by atoms with van der Waals surface area (Å²) in [6.07, 6.45) is 2.01. The minimum absolute atomic E-state index is 0.157. The molecule has 7 nitrogen and oxygen atoms in total. The summed E-state index contributed by atoms with van der Waals surface area (Å²) in [5, 5.41) is 5.58. The molecule has 0 unspecified atom stereocenters. The van der Waals surface area contributed by atoms with Crippen LogP contribution in [0, 0.1) is 6.92 Å². The summed E-state index contributed by atoms with van der Waals surface area (Å²) in [5.41, 5.74) is 7.39. The third-order valence-electron chi connectivity index (χ3n) is 4.08. The normalized spacial score (nSPS) is 12.9. The van der Waals surface area contributed by atoms with Gasteiger partial charge in [-0.25, -0.2) is 0 Å². The first-order chi connectivity index (χ1) is 12.9. The highest BCUT2D eigenvalue weighted by Gasteiger charge is 2.23. The quantitative estimate of drug-likeness (QED) is 0.695. The van der Waals surface area contributed by atoms with E-state index in [1.165, 1.54) is 0 Å². The molecule has 3 amide bonds. The Hall–Kier alpha value is -3.35. The van der Waals surface area contributed by atoms with E-state index < -0.39 is 11.8 Å². The highest BCUT2D eigenvalue weighted by molar-refractivity contribution is 5.98. The molecule has 2 aromatic rings. The number of nitrogens with two attached hydrogens (primary N) is 1. The van der Waals surface area contributed by atoms with E-state index >= 15 is 0 Å². The van der Waals surface area contributed by atoms with Crippen LogP contribution >= 0.6 is 0 Å². The van der Waals surface area contributed by atoms with Gasteiger partial charge in [0.25, 0.3) is 17.7 Å². The largest absolute Gasteiger partial charge is 0.483 e. The molecular formula is C20H21N3O4. The smallest absolute Gasteiger partial charge is 0.262 e. The Balaban J connectivity index is 1.60. The number of anilines is 1. The van der Waals surface area contributed by atoms with Crippen LogP contribution in [0.4, 0.5) is 5.69 Å². The molecule has 1 saturated carbocycles. The van der Waals surface area contributed by atoms with Crippen molar-refractivity contribution in [2.24, 2.45) is 5.73 Å². The predicted octanol–water partition coefficient (Wildman–Crippen LogP) is 2.00. The minimum Gasteiger partial charge on any atom is -0.483 e. The van der Waals surface area contributed by atoms with Crippen molar-refractivity contribution < 1.29 is 19.1 Å². The van der Waals surface area contributed by atoms with Crippen molar-refractivity contribution in [1.82, 2.24) is 5.32 Å². The zero-order valence-corrected chi connectivity index (χ0v) is 15.0. The second kappa shape index (κ2) is 7.90. The minimum atomic E-state index is -0.625. The summed E-state index contributed by atoms with van der Waals surface area (Å²) in [4.78, 5) is 35.7. The third kappa shape index (κ3) is 5.07. The Labute approximate surface area is 156 Å². The number of carbonyl (C=O) groups excluding carboxylic acids is 3. The summed E-state index contributed by atoms with van der Waals surface area (Å²) < 4.78 is 5.46. The van der Waals surface area contributed by atoms with Crippen LogP contribution in [0.3, 0.4) is 0 Å². The summed E-state index contributed by atoms with van der Waals surface area (Å²) in [6.45, 7) is 1.55. The van der Waals surface area contributed by atoms with E-state index in [1.54, 1.807) is 42.5 Å². The van der Waals surface area contributed by atoms with Gasteiger partial charge in [-0.1, -0.05) is 12.1 Å². The summed E-state index contributed by atoms with van der Waals surface area (Å²) >= 11 is 0. The van der Waals surface area contributed by atoms with E-state index in [-0.39, 0.29) is 29.9 Å². The lowest BCUT2D eigenvalue weighted by molar-refractivity contribution is -0.118. The molecule has 3 rings (SSSR count). The van der Waals surface area contributed by atoms with Crippen LogP contribution < -0.4 is 21.1 Å². The lowest BCUT2D eigenvalue weighted by atomic mass is 10.1. The topological polar surface area (TPSA) is 111 Å². The summed E-state index contributed by atoms with van der Waals surface area (Å²) in [6, 6.07) is 11.9. The molecule has 0 saturated heterocycles. The van der Waals surface area contributed by atoms with Crippen molar-refractivity contribution in [2.45, 2.75) is 25.8 Å². The number of benzene rings is 2. The molecule has 0 atom stereocenters.